The number of aromatic nitrogens is 2. The van der Waals surface area contributed by atoms with Crippen LogP contribution in [0.5, 0.6) is 0 Å². The molecule has 22 heavy (non-hydrogen) atoms. The minimum atomic E-state index is -0.620. The van der Waals surface area contributed by atoms with Crippen LogP contribution in [0, 0.1) is 17.0 Å². The zero-order valence-corrected chi connectivity index (χ0v) is 12.3. The third-order valence-corrected chi connectivity index (χ3v) is 4.01. The molecular weight excluding hydrogens is 286 g/mol. The highest BCUT2D eigenvalue weighted by Gasteiger charge is 2.54. The van der Waals surface area contributed by atoms with Crippen molar-refractivity contribution in [2.45, 2.75) is 25.2 Å². The SMILES string of the molecule is COC(=O)C1(c2cc(C)n(-c3ccc([N+](=O)[O-])cc3)n2)CC1. The van der Waals surface area contributed by atoms with Crippen molar-refractivity contribution < 1.29 is 14.5 Å². The van der Waals surface area contributed by atoms with Gasteiger partial charge in [0.1, 0.15) is 5.41 Å². The second kappa shape index (κ2) is 4.94. The number of carbonyl (C=O) groups excluding carboxylic acids is 1. The molecule has 0 radical (unpaired) electrons. The van der Waals surface area contributed by atoms with Gasteiger partial charge in [-0.1, -0.05) is 0 Å². The van der Waals surface area contributed by atoms with Crippen LogP contribution in [-0.4, -0.2) is 27.8 Å². The molecule has 1 saturated carbocycles. The van der Waals surface area contributed by atoms with Crippen molar-refractivity contribution in [3.8, 4) is 5.69 Å². The van der Waals surface area contributed by atoms with Gasteiger partial charge in [-0.3, -0.25) is 14.9 Å². The Labute approximate surface area is 126 Å². The van der Waals surface area contributed by atoms with Crippen LogP contribution < -0.4 is 0 Å². The summed E-state index contributed by atoms with van der Waals surface area (Å²) >= 11 is 0. The van der Waals surface area contributed by atoms with Gasteiger partial charge >= 0.3 is 5.97 Å². The second-order valence-electron chi connectivity index (χ2n) is 5.43. The maximum Gasteiger partial charge on any atom is 0.317 e. The number of rotatable bonds is 4. The average molecular weight is 301 g/mol. The van der Waals surface area contributed by atoms with E-state index < -0.39 is 10.3 Å². The monoisotopic (exact) mass is 301 g/mol. The van der Waals surface area contributed by atoms with Gasteiger partial charge in [-0.15, -0.1) is 0 Å². The largest absolute Gasteiger partial charge is 0.468 e. The van der Waals surface area contributed by atoms with Crippen molar-refractivity contribution in [2.75, 3.05) is 7.11 Å². The predicted octanol–water partition coefficient (Wildman–Crippen LogP) is 2.29. The van der Waals surface area contributed by atoms with E-state index in [1.807, 2.05) is 13.0 Å². The van der Waals surface area contributed by atoms with Crippen LogP contribution in [0.2, 0.25) is 0 Å². The van der Waals surface area contributed by atoms with Crippen molar-refractivity contribution in [3.05, 3.63) is 51.8 Å². The Balaban J connectivity index is 1.96. The van der Waals surface area contributed by atoms with E-state index in [0.29, 0.717) is 5.69 Å². The Morgan fingerprint density at radius 3 is 2.50 bits per heavy atom. The summed E-state index contributed by atoms with van der Waals surface area (Å²) in [7, 11) is 1.38. The minimum Gasteiger partial charge on any atom is -0.468 e. The number of benzene rings is 1. The van der Waals surface area contributed by atoms with Crippen molar-refractivity contribution in [3.63, 3.8) is 0 Å². The first-order valence-electron chi connectivity index (χ1n) is 6.88. The number of nitro groups is 1. The van der Waals surface area contributed by atoms with Crippen LogP contribution in [0.1, 0.15) is 24.2 Å². The van der Waals surface area contributed by atoms with Crippen LogP contribution in [0.25, 0.3) is 5.69 Å². The molecular formula is C15H15N3O4. The molecule has 1 aromatic heterocycles. The summed E-state index contributed by atoms with van der Waals surface area (Å²) in [5.41, 5.74) is 1.68. The summed E-state index contributed by atoms with van der Waals surface area (Å²) in [5, 5.41) is 15.2. The molecule has 1 aliphatic carbocycles. The van der Waals surface area contributed by atoms with Gasteiger partial charge < -0.3 is 4.74 Å². The number of nitrogens with zero attached hydrogens (tertiary/aromatic N) is 3. The van der Waals surface area contributed by atoms with E-state index in [1.54, 1.807) is 16.8 Å². The van der Waals surface area contributed by atoms with Crippen LogP contribution in [0.15, 0.2) is 30.3 Å². The number of carbonyl (C=O) groups is 1. The molecule has 114 valence electrons. The molecule has 0 spiro atoms. The van der Waals surface area contributed by atoms with Crippen molar-refractivity contribution >= 4 is 11.7 Å². The number of methoxy groups -OCH3 is 1. The fraction of sp³-hybridized carbons (Fsp3) is 0.333. The standard InChI is InChI=1S/C15H15N3O4/c1-10-9-13(15(7-8-15)14(19)22-2)16-17(10)11-3-5-12(6-4-11)18(20)21/h3-6,9H,7-8H2,1-2H3. The van der Waals surface area contributed by atoms with Crippen LogP contribution in [0.4, 0.5) is 5.69 Å². The lowest BCUT2D eigenvalue weighted by atomic mass is 10.0. The first-order chi connectivity index (χ1) is 10.5. The van der Waals surface area contributed by atoms with E-state index in [0.717, 1.165) is 24.2 Å². The highest BCUT2D eigenvalue weighted by Crippen LogP contribution is 2.48. The number of hydrogen-bond acceptors (Lipinski definition) is 5. The lowest BCUT2D eigenvalue weighted by Crippen LogP contribution is -2.22. The zero-order chi connectivity index (χ0) is 15.9. The highest BCUT2D eigenvalue weighted by atomic mass is 16.6. The van der Waals surface area contributed by atoms with E-state index in [4.69, 9.17) is 4.74 Å². The van der Waals surface area contributed by atoms with E-state index in [1.165, 1.54) is 19.2 Å². The molecule has 1 heterocycles. The van der Waals surface area contributed by atoms with Gasteiger partial charge in [-0.2, -0.15) is 5.10 Å². The maximum atomic E-state index is 11.9. The van der Waals surface area contributed by atoms with E-state index in [2.05, 4.69) is 5.10 Å². The normalized spacial score (nSPS) is 15.4. The molecule has 0 N–H and O–H groups in total. The first-order valence-corrected chi connectivity index (χ1v) is 6.88. The third-order valence-electron chi connectivity index (χ3n) is 4.01. The van der Waals surface area contributed by atoms with Gasteiger partial charge in [0.2, 0.25) is 0 Å². The number of esters is 1. The molecule has 0 aliphatic heterocycles. The second-order valence-corrected chi connectivity index (χ2v) is 5.43. The number of hydrogen-bond donors (Lipinski definition) is 0. The lowest BCUT2D eigenvalue weighted by molar-refractivity contribution is -0.384. The molecule has 0 atom stereocenters. The van der Waals surface area contributed by atoms with Crippen LogP contribution >= 0.6 is 0 Å². The summed E-state index contributed by atoms with van der Waals surface area (Å²) in [6.07, 6.45) is 1.47. The molecule has 1 aromatic carbocycles. The molecule has 1 fully saturated rings. The van der Waals surface area contributed by atoms with Gasteiger partial charge in [0.15, 0.2) is 0 Å². The third kappa shape index (κ3) is 2.14. The maximum absolute atomic E-state index is 11.9. The molecule has 0 saturated heterocycles. The zero-order valence-electron chi connectivity index (χ0n) is 12.3. The minimum absolute atomic E-state index is 0.0296. The molecule has 2 aromatic rings. The lowest BCUT2D eigenvalue weighted by Gasteiger charge is -2.09. The van der Waals surface area contributed by atoms with Crippen molar-refractivity contribution in [1.82, 2.24) is 9.78 Å². The fourth-order valence-corrected chi connectivity index (χ4v) is 2.57. The average Bonchev–Trinajstić information content (AvgIpc) is 3.24. The Kier molecular flexibility index (Phi) is 3.20. The van der Waals surface area contributed by atoms with Gasteiger partial charge in [-0.05, 0) is 38.0 Å². The number of non-ortho nitro benzene ring substituents is 1. The Morgan fingerprint density at radius 2 is 2.00 bits per heavy atom. The number of ether oxygens (including phenoxy) is 1. The Hall–Kier alpha value is -2.70. The predicted molar refractivity (Wildman–Crippen MR) is 77.9 cm³/mol. The van der Waals surface area contributed by atoms with Gasteiger partial charge in [0.25, 0.3) is 5.69 Å². The van der Waals surface area contributed by atoms with E-state index in [9.17, 15) is 14.9 Å². The summed E-state index contributed by atoms with van der Waals surface area (Å²) in [6.45, 7) is 1.88. The molecule has 0 amide bonds. The molecule has 3 rings (SSSR count). The van der Waals surface area contributed by atoms with E-state index in [-0.39, 0.29) is 11.7 Å². The Bertz CT molecular complexity index is 745. The Morgan fingerprint density at radius 1 is 1.36 bits per heavy atom. The van der Waals surface area contributed by atoms with Crippen LogP contribution in [0.3, 0.4) is 0 Å². The smallest absolute Gasteiger partial charge is 0.317 e. The first kappa shape index (κ1) is 14.2. The van der Waals surface area contributed by atoms with Crippen molar-refractivity contribution in [1.29, 1.82) is 0 Å². The van der Waals surface area contributed by atoms with Gasteiger partial charge in [-0.25, -0.2) is 4.68 Å². The molecule has 0 bridgehead atoms. The summed E-state index contributed by atoms with van der Waals surface area (Å²) in [6, 6.07) is 8.01. The van der Waals surface area contributed by atoms with Gasteiger partial charge in [0.05, 0.1) is 23.4 Å². The number of aryl methyl sites for hydroxylation is 1. The summed E-state index contributed by atoms with van der Waals surface area (Å²) < 4.78 is 6.55. The molecule has 7 heteroatoms. The molecule has 0 unspecified atom stereocenters. The van der Waals surface area contributed by atoms with Gasteiger partial charge in [0, 0.05) is 17.8 Å². The number of nitro benzene ring substituents is 1. The quantitative estimate of drug-likeness (QED) is 0.491. The summed E-state index contributed by atoms with van der Waals surface area (Å²) in [4.78, 5) is 22.2. The highest BCUT2D eigenvalue weighted by molar-refractivity contribution is 5.85. The summed E-state index contributed by atoms with van der Waals surface area (Å²) in [5.74, 6) is -0.263. The van der Waals surface area contributed by atoms with E-state index >= 15 is 0 Å². The van der Waals surface area contributed by atoms with Crippen molar-refractivity contribution in [2.24, 2.45) is 0 Å². The molecule has 1 aliphatic rings. The fourth-order valence-electron chi connectivity index (χ4n) is 2.57. The van der Waals surface area contributed by atoms with Crippen LogP contribution in [-0.2, 0) is 14.9 Å². The molecule has 7 nitrogen and oxygen atoms in total. The topological polar surface area (TPSA) is 87.3 Å².